The van der Waals surface area contributed by atoms with Crippen LogP contribution in [0.4, 0.5) is 9.59 Å². The summed E-state index contributed by atoms with van der Waals surface area (Å²) in [6.07, 6.45) is -0.459. The zero-order valence-electron chi connectivity index (χ0n) is 17.5. The largest absolute Gasteiger partial charge is 0.444 e. The molecule has 0 radical (unpaired) electrons. The number of amides is 2. The van der Waals surface area contributed by atoms with Gasteiger partial charge in [0.05, 0.1) is 0 Å². The quantitative estimate of drug-likeness (QED) is 0.754. The summed E-state index contributed by atoms with van der Waals surface area (Å²) >= 11 is 0. The Morgan fingerprint density at radius 3 is 1.46 bits per heavy atom. The third kappa shape index (κ3) is 7.78. The zero-order chi connectivity index (χ0) is 20.3. The molecule has 0 aromatic heterocycles. The Hall–Kier alpha value is -1.54. The molecular weight excluding hydrogens is 336 g/mol. The fraction of sp³-hybridized carbons (Fsp3) is 0.889. The summed E-state index contributed by atoms with van der Waals surface area (Å²) in [6.45, 7) is 14.0. The van der Waals surface area contributed by atoms with Crippen molar-refractivity contribution in [1.82, 2.24) is 14.7 Å². The monoisotopic (exact) mass is 372 g/mol. The highest BCUT2D eigenvalue weighted by atomic mass is 16.6. The van der Waals surface area contributed by atoms with Crippen LogP contribution < -0.4 is 5.73 Å². The number of carbonyl (C=O) groups is 2. The van der Waals surface area contributed by atoms with Gasteiger partial charge in [0.15, 0.2) is 0 Å². The van der Waals surface area contributed by atoms with Crippen molar-refractivity contribution in [2.75, 3.05) is 40.3 Å². The molecule has 2 aliphatic rings. The van der Waals surface area contributed by atoms with Crippen LogP contribution in [0.1, 0.15) is 41.5 Å². The van der Waals surface area contributed by atoms with E-state index < -0.39 is 5.60 Å². The molecule has 0 bridgehead atoms. The molecule has 2 rings (SSSR count). The number of rotatable bonds is 1. The van der Waals surface area contributed by atoms with E-state index >= 15 is 0 Å². The van der Waals surface area contributed by atoms with E-state index in [0.29, 0.717) is 19.1 Å². The molecule has 152 valence electrons. The van der Waals surface area contributed by atoms with Crippen molar-refractivity contribution in [2.24, 2.45) is 5.73 Å². The van der Waals surface area contributed by atoms with Crippen LogP contribution in [0.5, 0.6) is 0 Å². The molecule has 2 heterocycles. The van der Waals surface area contributed by atoms with E-state index in [2.05, 4.69) is 4.90 Å². The summed E-state index contributed by atoms with van der Waals surface area (Å²) in [6, 6.07) is 0.625. The average Bonchev–Trinajstić information content (AvgIpc) is 2.28. The number of likely N-dealkylation sites (tertiary alicyclic amines) is 2. The van der Waals surface area contributed by atoms with Gasteiger partial charge in [0, 0.05) is 38.3 Å². The Labute approximate surface area is 157 Å². The maximum Gasteiger partial charge on any atom is 0.410 e. The van der Waals surface area contributed by atoms with Crippen LogP contribution in [-0.2, 0) is 9.47 Å². The van der Waals surface area contributed by atoms with E-state index in [9.17, 15) is 9.59 Å². The van der Waals surface area contributed by atoms with Crippen LogP contribution in [0.3, 0.4) is 0 Å². The van der Waals surface area contributed by atoms with Crippen molar-refractivity contribution in [3.05, 3.63) is 0 Å². The summed E-state index contributed by atoms with van der Waals surface area (Å²) in [4.78, 5) is 28.2. The molecule has 0 saturated carbocycles. The van der Waals surface area contributed by atoms with Crippen molar-refractivity contribution >= 4 is 12.2 Å². The number of nitrogens with zero attached hydrogens (tertiary/aromatic N) is 3. The topological polar surface area (TPSA) is 88.3 Å². The first-order chi connectivity index (χ1) is 11.7. The molecule has 2 saturated heterocycles. The minimum Gasteiger partial charge on any atom is -0.444 e. The van der Waals surface area contributed by atoms with Crippen molar-refractivity contribution in [3.8, 4) is 0 Å². The number of carbonyl (C=O) groups excluding carboxylic acids is 2. The number of nitrogens with two attached hydrogens (primary N) is 1. The normalized spacial score (nSPS) is 18.5. The van der Waals surface area contributed by atoms with E-state index in [0.717, 1.165) is 13.1 Å². The lowest BCUT2D eigenvalue weighted by Crippen LogP contribution is -2.59. The van der Waals surface area contributed by atoms with Crippen LogP contribution in [-0.4, -0.2) is 90.4 Å². The molecule has 0 unspecified atom stereocenters. The van der Waals surface area contributed by atoms with Crippen molar-refractivity contribution in [1.29, 1.82) is 0 Å². The fourth-order valence-corrected chi connectivity index (χ4v) is 2.25. The van der Waals surface area contributed by atoms with E-state index in [1.165, 1.54) is 0 Å². The summed E-state index contributed by atoms with van der Waals surface area (Å²) in [7, 11) is 4.05. The second kappa shape index (κ2) is 8.43. The van der Waals surface area contributed by atoms with Gasteiger partial charge in [-0.3, -0.25) is 0 Å². The van der Waals surface area contributed by atoms with Gasteiger partial charge in [0.25, 0.3) is 0 Å². The highest BCUT2D eigenvalue weighted by molar-refractivity contribution is 5.69. The molecular formula is C18H36N4O4. The number of ether oxygens (including phenoxy) is 2. The van der Waals surface area contributed by atoms with Gasteiger partial charge in [-0.1, -0.05) is 0 Å². The van der Waals surface area contributed by atoms with Gasteiger partial charge in [-0.05, 0) is 55.6 Å². The zero-order valence-corrected chi connectivity index (χ0v) is 17.5. The first kappa shape index (κ1) is 22.5. The summed E-state index contributed by atoms with van der Waals surface area (Å²) in [5, 5.41) is 0. The molecule has 0 spiro atoms. The van der Waals surface area contributed by atoms with Crippen LogP contribution in [0, 0.1) is 0 Å². The second-order valence-electron chi connectivity index (χ2n) is 9.15. The first-order valence-corrected chi connectivity index (χ1v) is 9.06. The van der Waals surface area contributed by atoms with Gasteiger partial charge < -0.3 is 29.9 Å². The number of hydrogen-bond acceptors (Lipinski definition) is 6. The van der Waals surface area contributed by atoms with Crippen molar-refractivity contribution in [2.45, 2.75) is 64.8 Å². The predicted octanol–water partition coefficient (Wildman–Crippen LogP) is 1.73. The van der Waals surface area contributed by atoms with Gasteiger partial charge in [0.1, 0.15) is 11.2 Å². The lowest BCUT2D eigenvalue weighted by Gasteiger charge is -2.42. The maximum atomic E-state index is 11.5. The molecule has 8 heteroatoms. The Balaban J connectivity index is 0.000000263. The molecule has 2 N–H and O–H groups in total. The highest BCUT2D eigenvalue weighted by Gasteiger charge is 2.34. The Morgan fingerprint density at radius 1 is 0.846 bits per heavy atom. The summed E-state index contributed by atoms with van der Waals surface area (Å²) < 4.78 is 10.4. The molecule has 0 aliphatic carbocycles. The molecule has 2 aliphatic heterocycles. The van der Waals surface area contributed by atoms with E-state index in [1.807, 2.05) is 55.6 Å². The number of hydrogen-bond donors (Lipinski definition) is 1. The molecule has 0 aromatic carbocycles. The smallest absolute Gasteiger partial charge is 0.410 e. The van der Waals surface area contributed by atoms with Crippen LogP contribution in [0.2, 0.25) is 0 Å². The molecule has 0 atom stereocenters. The van der Waals surface area contributed by atoms with Crippen LogP contribution in [0.15, 0.2) is 0 Å². The Kier molecular flexibility index (Phi) is 7.30. The van der Waals surface area contributed by atoms with Crippen LogP contribution in [0.25, 0.3) is 0 Å². The van der Waals surface area contributed by atoms with E-state index in [-0.39, 0.29) is 23.8 Å². The molecule has 26 heavy (non-hydrogen) atoms. The molecule has 2 fully saturated rings. The van der Waals surface area contributed by atoms with E-state index in [4.69, 9.17) is 15.2 Å². The Morgan fingerprint density at radius 2 is 1.19 bits per heavy atom. The van der Waals surface area contributed by atoms with Gasteiger partial charge in [0.2, 0.25) is 0 Å². The Bertz CT molecular complexity index is 484. The van der Waals surface area contributed by atoms with Gasteiger partial charge in [-0.25, -0.2) is 9.59 Å². The van der Waals surface area contributed by atoms with Crippen molar-refractivity contribution in [3.63, 3.8) is 0 Å². The molecule has 0 aromatic rings. The lowest BCUT2D eigenvalue weighted by molar-refractivity contribution is -0.00717. The highest BCUT2D eigenvalue weighted by Crippen LogP contribution is 2.17. The molecule has 2 amide bonds. The average molecular weight is 373 g/mol. The minimum atomic E-state index is -0.406. The molecule has 8 nitrogen and oxygen atoms in total. The van der Waals surface area contributed by atoms with Gasteiger partial charge in [-0.2, -0.15) is 0 Å². The maximum absolute atomic E-state index is 11.5. The summed E-state index contributed by atoms with van der Waals surface area (Å²) in [5.74, 6) is 0. The predicted molar refractivity (Wildman–Crippen MR) is 101 cm³/mol. The first-order valence-electron chi connectivity index (χ1n) is 9.06. The second-order valence-corrected chi connectivity index (χ2v) is 9.15. The third-order valence-corrected chi connectivity index (χ3v) is 3.81. The standard InChI is InChI=1S/C10H20N2O2.C8H16N2O2/c1-10(2,3)14-9(13)12-6-8(7-12)11(4)5;1-8(2,3)12-7(11)10-4-6(9)5-10/h8H,6-7H2,1-5H3;6H,4-5,9H2,1-3H3. The number of likely N-dealkylation sites (N-methyl/N-ethyl adjacent to an activating group) is 1. The van der Waals surface area contributed by atoms with Gasteiger partial charge >= 0.3 is 12.2 Å². The third-order valence-electron chi connectivity index (χ3n) is 3.81. The van der Waals surface area contributed by atoms with Crippen molar-refractivity contribution < 1.29 is 19.1 Å². The SMILES string of the molecule is CC(C)(C)OC(=O)N1CC(N)C1.CN(C)C1CN(C(=O)OC(C)(C)C)C1. The lowest BCUT2D eigenvalue weighted by atomic mass is 10.1. The summed E-state index contributed by atoms with van der Waals surface area (Å²) in [5.41, 5.74) is 4.73. The minimum absolute atomic E-state index is 0.137. The van der Waals surface area contributed by atoms with Gasteiger partial charge in [-0.15, -0.1) is 0 Å². The van der Waals surface area contributed by atoms with Crippen LogP contribution >= 0.6 is 0 Å². The fourth-order valence-electron chi connectivity index (χ4n) is 2.25. The van der Waals surface area contributed by atoms with E-state index in [1.54, 1.807) is 9.80 Å².